The van der Waals surface area contributed by atoms with Crippen molar-refractivity contribution in [2.45, 2.75) is 0 Å². The lowest BCUT2D eigenvalue weighted by Gasteiger charge is -2.14. The molecule has 0 aliphatic carbocycles. The van der Waals surface area contributed by atoms with E-state index >= 15 is 0 Å². The molecule has 0 aliphatic rings. The summed E-state index contributed by atoms with van der Waals surface area (Å²) in [4.78, 5) is 11.1. The van der Waals surface area contributed by atoms with Crippen LogP contribution < -0.4 is 0 Å². The molecule has 0 N–H and O–H groups in total. The van der Waals surface area contributed by atoms with Crippen molar-refractivity contribution in [1.29, 1.82) is 0 Å². The average molecular weight is 711 g/mol. The van der Waals surface area contributed by atoms with E-state index in [4.69, 9.17) is 9.97 Å². The molecule has 0 atom stereocenters. The molecular formula is C52H30N4. The van der Waals surface area contributed by atoms with Crippen LogP contribution in [0.3, 0.4) is 0 Å². The molecule has 0 bridgehead atoms. The van der Waals surface area contributed by atoms with Crippen molar-refractivity contribution in [2.24, 2.45) is 0 Å². The van der Waals surface area contributed by atoms with Crippen LogP contribution in [0.1, 0.15) is 0 Å². The van der Waals surface area contributed by atoms with Crippen LogP contribution >= 0.6 is 0 Å². The summed E-state index contributed by atoms with van der Waals surface area (Å²) in [6.45, 7) is 0. The van der Waals surface area contributed by atoms with Gasteiger partial charge in [0.1, 0.15) is 0 Å². The monoisotopic (exact) mass is 710 g/mol. The summed E-state index contributed by atoms with van der Waals surface area (Å²) < 4.78 is 4.83. The molecule has 0 saturated heterocycles. The lowest BCUT2D eigenvalue weighted by Crippen LogP contribution is -2.04. The maximum absolute atomic E-state index is 5.55. The van der Waals surface area contributed by atoms with Gasteiger partial charge in [-0.2, -0.15) is 0 Å². The van der Waals surface area contributed by atoms with E-state index in [1.54, 1.807) is 0 Å². The number of hydrogen-bond donors (Lipinski definition) is 0. The van der Waals surface area contributed by atoms with Gasteiger partial charge in [0.2, 0.25) is 5.95 Å². The second-order valence-corrected chi connectivity index (χ2v) is 14.9. The Balaban J connectivity index is 1.19. The summed E-state index contributed by atoms with van der Waals surface area (Å²) in [7, 11) is 0. The highest BCUT2D eigenvalue weighted by molar-refractivity contribution is 6.37. The molecule has 0 spiro atoms. The topological polar surface area (TPSA) is 35.1 Å². The fourth-order valence-corrected chi connectivity index (χ4v) is 9.60. The van der Waals surface area contributed by atoms with Crippen LogP contribution in [0.4, 0.5) is 0 Å². The van der Waals surface area contributed by atoms with Crippen molar-refractivity contribution < 1.29 is 0 Å². The quantitative estimate of drug-likeness (QED) is 0.171. The van der Waals surface area contributed by atoms with Gasteiger partial charge in [0.15, 0.2) is 0 Å². The first kappa shape index (κ1) is 29.8. The fourth-order valence-electron chi connectivity index (χ4n) is 9.60. The van der Waals surface area contributed by atoms with Crippen LogP contribution in [-0.4, -0.2) is 18.9 Å². The van der Waals surface area contributed by atoms with Gasteiger partial charge in [-0.15, -0.1) is 0 Å². The lowest BCUT2D eigenvalue weighted by molar-refractivity contribution is 1.02. The zero-order chi connectivity index (χ0) is 36.5. The van der Waals surface area contributed by atoms with Gasteiger partial charge in [0.05, 0.1) is 38.8 Å². The van der Waals surface area contributed by atoms with Crippen LogP contribution in [0.25, 0.3) is 121 Å². The van der Waals surface area contributed by atoms with Crippen LogP contribution in [0, 0.1) is 0 Å². The fraction of sp³-hybridized carbons (Fsp3) is 0. The van der Waals surface area contributed by atoms with Crippen LogP contribution in [0.5, 0.6) is 0 Å². The van der Waals surface area contributed by atoms with Crippen molar-refractivity contribution in [1.82, 2.24) is 18.9 Å². The first-order valence-electron chi connectivity index (χ1n) is 19.2. The van der Waals surface area contributed by atoms with Gasteiger partial charge in [-0.05, 0) is 46.2 Å². The SMILES string of the molecule is c1ccc(-c2ccc(-c3nc(-n4c5ccccc5c5c6c7ccc8ccccc8c7n7c8ccccc8c(cc54)c67)nc4c3ccc3ccccc34)cc2)cc1. The van der Waals surface area contributed by atoms with E-state index in [0.717, 1.165) is 44.0 Å². The lowest BCUT2D eigenvalue weighted by atomic mass is 9.99. The van der Waals surface area contributed by atoms with Gasteiger partial charge >= 0.3 is 0 Å². The van der Waals surface area contributed by atoms with E-state index < -0.39 is 0 Å². The van der Waals surface area contributed by atoms with E-state index in [-0.39, 0.29) is 0 Å². The van der Waals surface area contributed by atoms with Crippen molar-refractivity contribution >= 4 is 92.3 Å². The maximum Gasteiger partial charge on any atom is 0.235 e. The molecule has 258 valence electrons. The second-order valence-electron chi connectivity index (χ2n) is 14.9. The van der Waals surface area contributed by atoms with Crippen molar-refractivity contribution in [2.75, 3.05) is 0 Å². The van der Waals surface area contributed by atoms with E-state index in [2.05, 4.69) is 191 Å². The highest BCUT2D eigenvalue weighted by atomic mass is 15.2. The summed E-state index contributed by atoms with van der Waals surface area (Å²) in [6.07, 6.45) is 0. The minimum atomic E-state index is 0.661. The molecule has 0 saturated carbocycles. The molecule has 56 heavy (non-hydrogen) atoms. The smallest absolute Gasteiger partial charge is 0.235 e. The van der Waals surface area contributed by atoms with E-state index in [9.17, 15) is 0 Å². The third kappa shape index (κ3) is 3.92. The Bertz CT molecular complexity index is 3740. The number of rotatable bonds is 3. The normalized spacial score (nSPS) is 12.3. The zero-order valence-corrected chi connectivity index (χ0v) is 30.1. The van der Waals surface area contributed by atoms with Crippen molar-refractivity contribution in [3.05, 3.63) is 182 Å². The molecule has 4 nitrogen and oxygen atoms in total. The number of fused-ring (bicyclic) bond motifs is 15. The summed E-state index contributed by atoms with van der Waals surface area (Å²) in [5, 5.41) is 13.2. The minimum absolute atomic E-state index is 0.661. The molecule has 0 amide bonds. The number of hydrogen-bond acceptors (Lipinski definition) is 2. The first-order valence-corrected chi connectivity index (χ1v) is 19.2. The van der Waals surface area contributed by atoms with E-state index in [1.807, 2.05) is 0 Å². The zero-order valence-electron chi connectivity index (χ0n) is 30.1. The molecule has 4 heteroatoms. The standard InChI is InChI=1S/C52H30N4/c1-2-12-31(13-3-1)32-22-24-35(25-23-32)48-41-29-27-33-14-4-6-16-36(33)49(41)54-52(53-48)55-44-21-11-9-19-39(44)46-45(55)30-42-38-18-8-10-20-43(38)56-50-37-17-7-5-15-34(37)26-28-40(50)47(46)51(42)56/h1-30H. The van der Waals surface area contributed by atoms with Crippen LogP contribution in [0.2, 0.25) is 0 Å². The molecular weight excluding hydrogens is 681 g/mol. The Morgan fingerprint density at radius 3 is 1.75 bits per heavy atom. The predicted molar refractivity (Wildman–Crippen MR) is 234 cm³/mol. The molecule has 4 aromatic heterocycles. The third-order valence-corrected chi connectivity index (χ3v) is 12.0. The molecule has 13 aromatic rings. The Morgan fingerprint density at radius 1 is 0.339 bits per heavy atom. The minimum Gasteiger partial charge on any atom is -0.307 e. The molecule has 4 heterocycles. The molecule has 0 fully saturated rings. The number of aromatic nitrogens is 4. The first-order chi connectivity index (χ1) is 27.8. The van der Waals surface area contributed by atoms with Crippen LogP contribution in [0.15, 0.2) is 182 Å². The number of para-hydroxylation sites is 2. The van der Waals surface area contributed by atoms with Gasteiger partial charge in [-0.1, -0.05) is 158 Å². The summed E-state index contributed by atoms with van der Waals surface area (Å²) in [5.74, 6) is 0.661. The molecule has 0 radical (unpaired) electrons. The maximum atomic E-state index is 5.55. The van der Waals surface area contributed by atoms with Crippen molar-refractivity contribution in [3.8, 4) is 28.3 Å². The van der Waals surface area contributed by atoms with Crippen LogP contribution in [-0.2, 0) is 0 Å². The highest BCUT2D eigenvalue weighted by Crippen LogP contribution is 2.48. The van der Waals surface area contributed by atoms with E-state index in [0.29, 0.717) is 5.95 Å². The summed E-state index contributed by atoms with van der Waals surface area (Å²) >= 11 is 0. The average Bonchev–Trinajstić information content (AvgIpc) is 3.91. The predicted octanol–water partition coefficient (Wildman–Crippen LogP) is 13.5. The van der Waals surface area contributed by atoms with E-state index in [1.165, 1.54) is 70.8 Å². The highest BCUT2D eigenvalue weighted by Gasteiger charge is 2.26. The summed E-state index contributed by atoms with van der Waals surface area (Å²) in [6, 6.07) is 65.7. The largest absolute Gasteiger partial charge is 0.307 e. The van der Waals surface area contributed by atoms with Gasteiger partial charge in [0, 0.05) is 54.0 Å². The number of benzene rings is 9. The molecule has 0 aliphatic heterocycles. The summed E-state index contributed by atoms with van der Waals surface area (Å²) in [5.41, 5.74) is 11.2. The Labute approximate surface area is 320 Å². The van der Waals surface area contributed by atoms with Crippen molar-refractivity contribution in [3.63, 3.8) is 0 Å². The van der Waals surface area contributed by atoms with Gasteiger partial charge in [-0.25, -0.2) is 9.97 Å². The molecule has 9 aromatic carbocycles. The van der Waals surface area contributed by atoms with Gasteiger partial charge < -0.3 is 4.40 Å². The second kappa shape index (κ2) is 11.0. The Hall–Kier alpha value is -7.56. The molecule has 13 rings (SSSR count). The van der Waals surface area contributed by atoms with Gasteiger partial charge in [-0.3, -0.25) is 4.57 Å². The molecule has 0 unspecified atom stereocenters. The Kier molecular flexibility index (Phi) is 5.86. The van der Waals surface area contributed by atoms with Gasteiger partial charge in [0.25, 0.3) is 0 Å². The third-order valence-electron chi connectivity index (χ3n) is 12.0. The Morgan fingerprint density at radius 2 is 0.946 bits per heavy atom. The number of nitrogens with zero attached hydrogens (tertiary/aromatic N) is 4.